The Morgan fingerprint density at radius 3 is 1.54 bits per heavy atom. The Kier molecular flexibility index (Phi) is 30.9. The van der Waals surface area contributed by atoms with Gasteiger partial charge in [-0.3, -0.25) is 9.35 Å². The minimum Gasteiger partial charge on any atom is -0.550 e. The molecule has 13 heteroatoms. The first-order chi connectivity index (χ1) is 15.4. The van der Waals surface area contributed by atoms with Crippen molar-refractivity contribution in [2.75, 3.05) is 0 Å². The SMILES string of the molecule is CCCCCCCC/C=C\CCCCCCCC(=O)O.NC(CC(=O)[O-])(C(=O)[O-])S(=O)(=O)O.[Na+].[Na+]. The van der Waals surface area contributed by atoms with Crippen molar-refractivity contribution in [3.63, 3.8) is 0 Å². The van der Waals surface area contributed by atoms with Crippen LogP contribution >= 0.6 is 0 Å². The Balaban J connectivity index is -0.000000281. The number of hydrogen-bond donors (Lipinski definition) is 3. The van der Waals surface area contributed by atoms with E-state index in [-0.39, 0.29) is 59.1 Å². The average molecular weight is 540 g/mol. The van der Waals surface area contributed by atoms with E-state index in [9.17, 15) is 33.0 Å². The molecule has 194 valence electrons. The predicted molar refractivity (Wildman–Crippen MR) is 120 cm³/mol. The van der Waals surface area contributed by atoms with Crippen LogP contribution in [0.2, 0.25) is 0 Å². The van der Waals surface area contributed by atoms with Gasteiger partial charge in [0.15, 0.2) is 4.87 Å². The van der Waals surface area contributed by atoms with Gasteiger partial charge in [0.2, 0.25) is 0 Å². The number of carbonyl (C=O) groups is 3. The molecular weight excluding hydrogens is 500 g/mol. The van der Waals surface area contributed by atoms with Gasteiger partial charge in [0.25, 0.3) is 10.1 Å². The van der Waals surface area contributed by atoms with Crippen LogP contribution in [-0.2, 0) is 24.5 Å². The van der Waals surface area contributed by atoms with Gasteiger partial charge in [0, 0.05) is 18.8 Å². The summed E-state index contributed by atoms with van der Waals surface area (Å²) in [7, 11) is -5.26. The topological polar surface area (TPSA) is 198 Å². The molecule has 0 bridgehead atoms. The zero-order valence-electron chi connectivity index (χ0n) is 21.5. The summed E-state index contributed by atoms with van der Waals surface area (Å²) in [6.07, 6.45) is 19.7. The van der Waals surface area contributed by atoms with Crippen LogP contribution < -0.4 is 75.1 Å². The van der Waals surface area contributed by atoms with Gasteiger partial charge in [0.1, 0.15) is 0 Å². The normalized spacial score (nSPS) is 12.4. The van der Waals surface area contributed by atoms with Crippen LogP contribution in [0, 0.1) is 0 Å². The van der Waals surface area contributed by atoms with Gasteiger partial charge in [-0.2, -0.15) is 8.42 Å². The largest absolute Gasteiger partial charge is 1.00 e. The van der Waals surface area contributed by atoms with E-state index in [1.807, 2.05) is 0 Å². The minimum atomic E-state index is -5.26. The molecule has 0 aliphatic heterocycles. The number of allylic oxidation sites excluding steroid dienone is 2. The van der Waals surface area contributed by atoms with E-state index in [1.165, 1.54) is 70.6 Å². The van der Waals surface area contributed by atoms with Crippen molar-refractivity contribution < 1.29 is 102 Å². The van der Waals surface area contributed by atoms with Crippen molar-refractivity contribution in [3.8, 4) is 0 Å². The van der Waals surface area contributed by atoms with Gasteiger partial charge in [-0.05, 0) is 32.1 Å². The Morgan fingerprint density at radius 2 is 1.23 bits per heavy atom. The number of hydrogen-bond acceptors (Lipinski definition) is 8. The molecule has 0 aromatic heterocycles. The van der Waals surface area contributed by atoms with Crippen LogP contribution in [0.1, 0.15) is 103 Å². The van der Waals surface area contributed by atoms with Crippen molar-refractivity contribution >= 4 is 28.0 Å². The predicted octanol–water partition coefficient (Wildman–Crippen LogP) is -4.46. The third kappa shape index (κ3) is 25.5. The van der Waals surface area contributed by atoms with Crippen LogP contribution in [0.3, 0.4) is 0 Å². The average Bonchev–Trinajstić information content (AvgIpc) is 2.69. The third-order valence-corrected chi connectivity index (χ3v) is 6.10. The molecule has 35 heavy (non-hydrogen) atoms. The molecule has 0 amide bonds. The number of carbonyl (C=O) groups excluding carboxylic acids is 2. The molecule has 1 unspecified atom stereocenters. The zero-order valence-corrected chi connectivity index (χ0v) is 26.3. The zero-order chi connectivity index (χ0) is 25.8. The fourth-order valence-electron chi connectivity index (χ4n) is 2.83. The Labute approximate surface area is 253 Å². The van der Waals surface area contributed by atoms with Gasteiger partial charge >= 0.3 is 65.1 Å². The summed E-state index contributed by atoms with van der Waals surface area (Å²) < 4.78 is 29.0. The van der Waals surface area contributed by atoms with Crippen LogP contribution in [0.5, 0.6) is 0 Å². The van der Waals surface area contributed by atoms with Crippen molar-refractivity contribution in [2.45, 2.75) is 108 Å². The Hall–Kier alpha value is 0.0200. The fourth-order valence-corrected chi connectivity index (χ4v) is 3.34. The molecule has 4 N–H and O–H groups in total. The van der Waals surface area contributed by atoms with Crippen molar-refractivity contribution in [2.24, 2.45) is 5.73 Å². The minimum absolute atomic E-state index is 0. The monoisotopic (exact) mass is 539 g/mol. The fraction of sp³-hybridized carbons (Fsp3) is 0.773. The first-order valence-electron chi connectivity index (χ1n) is 11.4. The van der Waals surface area contributed by atoms with E-state index in [0.29, 0.717) is 6.42 Å². The molecule has 0 saturated heterocycles. The molecule has 1 atom stereocenters. The van der Waals surface area contributed by atoms with E-state index in [1.54, 1.807) is 0 Å². The molecule has 0 aliphatic carbocycles. The Bertz CT molecular complexity index is 703. The molecule has 0 aromatic carbocycles. The number of carboxylic acids is 3. The van der Waals surface area contributed by atoms with Crippen LogP contribution in [0.25, 0.3) is 0 Å². The molecular formula is C22H39NNa2O9S. The summed E-state index contributed by atoms with van der Waals surface area (Å²) in [5.41, 5.74) is 4.60. The standard InChI is InChI=1S/C18H34O2.C4H7NO7S.2Na/c1-2-3-4-5-6-7-8-9-10-11-12-13-14-15-16-17-18(19)20;5-4(3(8)9,1-2(6)7)13(10,11)12;;/h9-10H,2-8,11-17H2,1H3,(H,19,20);1,5H2,(H,6,7)(H,8,9)(H,10,11,12);;/q;;2*+1/p-2/b10-9-;;;. The van der Waals surface area contributed by atoms with Gasteiger partial charge in [-0.15, -0.1) is 0 Å². The molecule has 0 spiro atoms. The summed E-state index contributed by atoms with van der Waals surface area (Å²) in [5, 5.41) is 28.6. The second-order valence-corrected chi connectivity index (χ2v) is 9.61. The van der Waals surface area contributed by atoms with E-state index in [2.05, 4.69) is 24.8 Å². The quantitative estimate of drug-likeness (QED) is 0.0623. The third-order valence-electron chi connectivity index (χ3n) is 4.87. The van der Waals surface area contributed by atoms with Crippen molar-refractivity contribution in [3.05, 3.63) is 12.2 Å². The summed E-state index contributed by atoms with van der Waals surface area (Å²) >= 11 is 0. The van der Waals surface area contributed by atoms with Crippen LogP contribution in [0.15, 0.2) is 12.2 Å². The molecule has 0 aliphatic rings. The maximum Gasteiger partial charge on any atom is 1.00 e. The van der Waals surface area contributed by atoms with Gasteiger partial charge in [-0.25, -0.2) is 0 Å². The summed E-state index contributed by atoms with van der Waals surface area (Å²) in [6.45, 7) is 2.26. The van der Waals surface area contributed by atoms with Crippen molar-refractivity contribution in [1.29, 1.82) is 0 Å². The van der Waals surface area contributed by atoms with Gasteiger partial charge in [0.05, 0.1) is 5.97 Å². The van der Waals surface area contributed by atoms with Crippen LogP contribution in [0.4, 0.5) is 0 Å². The summed E-state index contributed by atoms with van der Waals surface area (Å²) in [6, 6.07) is 0. The first-order valence-corrected chi connectivity index (χ1v) is 12.9. The van der Waals surface area contributed by atoms with E-state index in [4.69, 9.17) is 9.66 Å². The molecule has 10 nitrogen and oxygen atoms in total. The molecule has 0 saturated carbocycles. The number of carboxylic acid groups (broad SMARTS) is 3. The van der Waals surface area contributed by atoms with Gasteiger partial charge in [-0.1, -0.05) is 70.4 Å². The number of rotatable bonds is 19. The van der Waals surface area contributed by atoms with E-state index in [0.717, 1.165) is 12.8 Å². The Morgan fingerprint density at radius 1 is 0.829 bits per heavy atom. The molecule has 0 fully saturated rings. The number of aliphatic carboxylic acids is 3. The van der Waals surface area contributed by atoms with Crippen molar-refractivity contribution in [1.82, 2.24) is 0 Å². The first kappa shape index (κ1) is 42.1. The number of nitrogens with two attached hydrogens (primary N) is 1. The molecule has 0 heterocycles. The number of unbranched alkanes of at least 4 members (excludes halogenated alkanes) is 11. The summed E-state index contributed by atoms with van der Waals surface area (Å²) in [5.74, 6) is -5.12. The molecule has 0 aromatic rings. The summed E-state index contributed by atoms with van der Waals surface area (Å²) in [4.78, 5) is 27.0. The second kappa shape index (κ2) is 25.7. The van der Waals surface area contributed by atoms with E-state index < -0.39 is 39.3 Å². The maximum atomic E-state index is 10.3. The second-order valence-electron chi connectivity index (χ2n) is 7.93. The smallest absolute Gasteiger partial charge is 0.550 e. The van der Waals surface area contributed by atoms with E-state index >= 15 is 0 Å². The molecule has 0 radical (unpaired) electrons. The van der Waals surface area contributed by atoms with Crippen LogP contribution in [-0.4, -0.2) is 40.9 Å². The van der Waals surface area contributed by atoms with Gasteiger partial charge < -0.3 is 30.6 Å². The molecule has 0 rings (SSSR count). The maximum absolute atomic E-state index is 10.3.